The molecule has 2 amide bonds. The van der Waals surface area contributed by atoms with Crippen LogP contribution < -0.4 is 10.6 Å². The van der Waals surface area contributed by atoms with Gasteiger partial charge >= 0.3 is 6.03 Å². The molecule has 3 N–H and O–H groups in total. The van der Waals surface area contributed by atoms with Crippen molar-refractivity contribution in [1.29, 1.82) is 0 Å². The third kappa shape index (κ3) is 4.40. The lowest BCUT2D eigenvalue weighted by Gasteiger charge is -2.13. The number of aryl methyl sites for hydroxylation is 1. The van der Waals surface area contributed by atoms with E-state index in [2.05, 4.69) is 10.6 Å². The maximum absolute atomic E-state index is 13.0. The minimum Gasteiger partial charge on any atom is -0.396 e. The largest absolute Gasteiger partial charge is 0.396 e. The fourth-order valence-corrected chi connectivity index (χ4v) is 1.38. The molecule has 0 aromatic heterocycles. The summed E-state index contributed by atoms with van der Waals surface area (Å²) in [5.41, 5.74) is 1.02. The molecule has 0 radical (unpaired) electrons. The number of halogens is 1. The summed E-state index contributed by atoms with van der Waals surface area (Å²) < 4.78 is 13.0. The number of aliphatic hydroxyl groups is 1. The first kappa shape index (κ1) is 13.4. The molecule has 0 spiro atoms. The third-order valence-electron chi connectivity index (χ3n) is 2.36. The van der Waals surface area contributed by atoms with Crippen LogP contribution in [0.2, 0.25) is 0 Å². The van der Waals surface area contributed by atoms with E-state index in [4.69, 9.17) is 5.11 Å². The first-order valence-corrected chi connectivity index (χ1v) is 5.47. The van der Waals surface area contributed by atoms with E-state index in [1.165, 1.54) is 12.1 Å². The minimum absolute atomic E-state index is 0.0249. The van der Waals surface area contributed by atoms with Crippen molar-refractivity contribution in [3.8, 4) is 0 Å². The molecule has 0 unspecified atom stereocenters. The van der Waals surface area contributed by atoms with Crippen molar-refractivity contribution in [2.24, 2.45) is 0 Å². The number of aliphatic hydroxyl groups excluding tert-OH is 1. The molecule has 1 aromatic rings. The number of anilines is 1. The Hall–Kier alpha value is -1.62. The Kier molecular flexibility index (Phi) is 4.90. The number of carbonyl (C=O) groups excluding carboxylic acids is 1. The highest BCUT2D eigenvalue weighted by Crippen LogP contribution is 2.13. The van der Waals surface area contributed by atoms with E-state index >= 15 is 0 Å². The zero-order valence-corrected chi connectivity index (χ0v) is 9.96. The number of urea groups is 1. The molecule has 5 heteroatoms. The van der Waals surface area contributed by atoms with E-state index in [-0.39, 0.29) is 24.5 Å². The highest BCUT2D eigenvalue weighted by atomic mass is 19.1. The van der Waals surface area contributed by atoms with Crippen LogP contribution in [0.1, 0.15) is 18.9 Å². The molecule has 1 atom stereocenters. The summed E-state index contributed by atoms with van der Waals surface area (Å²) >= 11 is 0. The van der Waals surface area contributed by atoms with Crippen LogP contribution in [-0.2, 0) is 0 Å². The Balaban J connectivity index is 2.53. The molecule has 1 aromatic carbocycles. The summed E-state index contributed by atoms with van der Waals surface area (Å²) in [5, 5.41) is 14.0. The summed E-state index contributed by atoms with van der Waals surface area (Å²) in [6.07, 6.45) is 0.496. The van der Waals surface area contributed by atoms with Gasteiger partial charge in [0.1, 0.15) is 5.82 Å². The molecule has 0 saturated heterocycles. The predicted molar refractivity (Wildman–Crippen MR) is 64.5 cm³/mol. The number of hydrogen-bond donors (Lipinski definition) is 3. The summed E-state index contributed by atoms with van der Waals surface area (Å²) in [6, 6.07) is 3.89. The van der Waals surface area contributed by atoms with Crippen molar-refractivity contribution in [3.63, 3.8) is 0 Å². The van der Waals surface area contributed by atoms with Crippen molar-refractivity contribution in [2.45, 2.75) is 26.3 Å². The van der Waals surface area contributed by atoms with Gasteiger partial charge in [0.25, 0.3) is 0 Å². The molecule has 0 heterocycles. The van der Waals surface area contributed by atoms with Gasteiger partial charge in [-0.2, -0.15) is 0 Å². The number of rotatable bonds is 4. The van der Waals surface area contributed by atoms with Gasteiger partial charge in [-0.05, 0) is 44.0 Å². The highest BCUT2D eigenvalue weighted by Gasteiger charge is 2.07. The third-order valence-corrected chi connectivity index (χ3v) is 2.36. The lowest BCUT2D eigenvalue weighted by atomic mass is 10.2. The summed E-state index contributed by atoms with van der Waals surface area (Å²) in [7, 11) is 0. The second kappa shape index (κ2) is 6.20. The van der Waals surface area contributed by atoms with E-state index in [0.29, 0.717) is 17.7 Å². The molecule has 0 bridgehead atoms. The maximum Gasteiger partial charge on any atom is 0.319 e. The molecule has 0 aliphatic heterocycles. The number of hydrogen-bond acceptors (Lipinski definition) is 2. The monoisotopic (exact) mass is 240 g/mol. The SMILES string of the molecule is Cc1cc(NC(=O)N[C@H](C)CCO)ccc1F. The van der Waals surface area contributed by atoms with Crippen molar-refractivity contribution in [3.05, 3.63) is 29.6 Å². The second-order valence-corrected chi connectivity index (χ2v) is 3.98. The molecule has 94 valence electrons. The average Bonchev–Trinajstić information content (AvgIpc) is 2.23. The highest BCUT2D eigenvalue weighted by molar-refractivity contribution is 5.89. The van der Waals surface area contributed by atoms with Crippen LogP contribution in [0.4, 0.5) is 14.9 Å². The van der Waals surface area contributed by atoms with Gasteiger partial charge in [-0.3, -0.25) is 0 Å². The van der Waals surface area contributed by atoms with Crippen molar-refractivity contribution in [1.82, 2.24) is 5.32 Å². The Morgan fingerprint density at radius 2 is 2.24 bits per heavy atom. The molecule has 0 aliphatic carbocycles. The van der Waals surface area contributed by atoms with E-state index < -0.39 is 0 Å². The van der Waals surface area contributed by atoms with E-state index in [9.17, 15) is 9.18 Å². The van der Waals surface area contributed by atoms with Crippen LogP contribution >= 0.6 is 0 Å². The van der Waals surface area contributed by atoms with E-state index in [1.807, 2.05) is 0 Å². The molecule has 4 nitrogen and oxygen atoms in total. The number of benzene rings is 1. The van der Waals surface area contributed by atoms with E-state index in [1.54, 1.807) is 19.9 Å². The van der Waals surface area contributed by atoms with Crippen LogP contribution in [0.25, 0.3) is 0 Å². The summed E-state index contributed by atoms with van der Waals surface area (Å²) in [6.45, 7) is 3.45. The Morgan fingerprint density at radius 1 is 1.53 bits per heavy atom. The van der Waals surface area contributed by atoms with Gasteiger partial charge in [0, 0.05) is 18.3 Å². The van der Waals surface area contributed by atoms with Crippen LogP contribution in [0.15, 0.2) is 18.2 Å². The fourth-order valence-electron chi connectivity index (χ4n) is 1.38. The summed E-state index contributed by atoms with van der Waals surface area (Å²) in [4.78, 5) is 11.5. The van der Waals surface area contributed by atoms with Gasteiger partial charge in [0.15, 0.2) is 0 Å². The van der Waals surface area contributed by atoms with Gasteiger partial charge in [0.2, 0.25) is 0 Å². The van der Waals surface area contributed by atoms with Crippen LogP contribution in [-0.4, -0.2) is 23.8 Å². The fraction of sp³-hybridized carbons (Fsp3) is 0.417. The van der Waals surface area contributed by atoms with E-state index in [0.717, 1.165) is 0 Å². The van der Waals surface area contributed by atoms with Gasteiger partial charge in [0.05, 0.1) is 0 Å². The zero-order chi connectivity index (χ0) is 12.8. The van der Waals surface area contributed by atoms with Gasteiger partial charge < -0.3 is 15.7 Å². The molecule has 17 heavy (non-hydrogen) atoms. The first-order valence-electron chi connectivity index (χ1n) is 5.47. The van der Waals surface area contributed by atoms with Crippen LogP contribution in [0.3, 0.4) is 0 Å². The topological polar surface area (TPSA) is 61.4 Å². The van der Waals surface area contributed by atoms with Crippen molar-refractivity contribution >= 4 is 11.7 Å². The normalized spacial score (nSPS) is 12.0. The van der Waals surface area contributed by atoms with Crippen molar-refractivity contribution in [2.75, 3.05) is 11.9 Å². The zero-order valence-electron chi connectivity index (χ0n) is 9.96. The van der Waals surface area contributed by atoms with Crippen LogP contribution in [0.5, 0.6) is 0 Å². The minimum atomic E-state index is -0.364. The molecule has 0 saturated carbocycles. The van der Waals surface area contributed by atoms with Crippen molar-refractivity contribution < 1.29 is 14.3 Å². The molecule has 0 aliphatic rings. The second-order valence-electron chi connectivity index (χ2n) is 3.98. The number of carbonyl (C=O) groups is 1. The van der Waals surface area contributed by atoms with Gasteiger partial charge in [-0.25, -0.2) is 9.18 Å². The lowest BCUT2D eigenvalue weighted by Crippen LogP contribution is -2.36. The lowest BCUT2D eigenvalue weighted by molar-refractivity contribution is 0.241. The maximum atomic E-state index is 13.0. The summed E-state index contributed by atoms with van der Waals surface area (Å²) in [5.74, 6) is -0.301. The Bertz CT molecular complexity index is 396. The van der Waals surface area contributed by atoms with Crippen LogP contribution in [0, 0.1) is 12.7 Å². The Morgan fingerprint density at radius 3 is 2.82 bits per heavy atom. The smallest absolute Gasteiger partial charge is 0.319 e. The average molecular weight is 240 g/mol. The standard InChI is InChI=1S/C12H17FN2O2/c1-8-7-10(3-4-11(8)13)15-12(17)14-9(2)5-6-16/h3-4,7,9,16H,5-6H2,1-2H3,(H2,14,15,17)/t9-/m1/s1. The number of nitrogens with one attached hydrogen (secondary N) is 2. The quantitative estimate of drug-likeness (QED) is 0.754. The predicted octanol–water partition coefficient (Wildman–Crippen LogP) is 2.03. The van der Waals surface area contributed by atoms with Gasteiger partial charge in [-0.15, -0.1) is 0 Å². The Labute approximate surface area is 99.8 Å². The molecule has 1 rings (SSSR count). The first-order chi connectivity index (χ1) is 8.02. The number of amides is 2. The van der Waals surface area contributed by atoms with Gasteiger partial charge in [-0.1, -0.05) is 0 Å². The molecular formula is C12H17FN2O2. The molecular weight excluding hydrogens is 223 g/mol. The molecule has 0 fully saturated rings.